The highest BCUT2D eigenvalue weighted by molar-refractivity contribution is 9.13. The van der Waals surface area contributed by atoms with Gasteiger partial charge in [0.15, 0.2) is 0 Å². The molecule has 0 N–H and O–H groups in total. The fourth-order valence-corrected chi connectivity index (χ4v) is 5.21. The van der Waals surface area contributed by atoms with Crippen LogP contribution in [0.2, 0.25) is 0 Å². The number of hydrogen-bond donors (Lipinski definition) is 0. The van der Waals surface area contributed by atoms with Crippen molar-refractivity contribution in [2.45, 2.75) is 67.5 Å². The van der Waals surface area contributed by atoms with Crippen LogP contribution in [0, 0.1) is 0 Å². The maximum absolute atomic E-state index is 3.82. The number of rotatable bonds is 0. The minimum Gasteiger partial charge on any atom is -0.0879 e. The molecule has 0 heterocycles. The van der Waals surface area contributed by atoms with Crippen LogP contribution in [0.1, 0.15) is 38.5 Å². The summed E-state index contributed by atoms with van der Waals surface area (Å²) in [6, 6.07) is 0. The molecule has 1 aliphatic carbocycles. The third kappa shape index (κ3) is 6.76. The van der Waals surface area contributed by atoms with Gasteiger partial charge in [-0.25, -0.2) is 0 Å². The molecule has 0 aromatic heterocycles. The summed E-state index contributed by atoms with van der Waals surface area (Å²) >= 11 is 22.9. The van der Waals surface area contributed by atoms with E-state index in [1.807, 2.05) is 0 Å². The normalized spacial score (nSPS) is 45.0. The Balaban J connectivity index is 2.61. The fourth-order valence-electron chi connectivity index (χ4n) is 2.04. The van der Waals surface area contributed by atoms with Crippen molar-refractivity contribution in [2.24, 2.45) is 0 Å². The summed E-state index contributed by atoms with van der Waals surface area (Å²) < 4.78 is 0. The van der Waals surface area contributed by atoms with Crippen LogP contribution in [-0.2, 0) is 0 Å². The van der Waals surface area contributed by atoms with E-state index in [9.17, 15) is 0 Å². The highest BCUT2D eigenvalue weighted by Crippen LogP contribution is 2.34. The monoisotopic (exact) mass is 636 g/mol. The molecule has 0 spiro atoms. The Morgan fingerprint density at radius 1 is 0.333 bits per heavy atom. The average molecular weight is 642 g/mol. The molecule has 1 rings (SSSR count). The standard InChI is InChI=1S/C12H18Br6/c13-7-1-2-8(14)10(16)5-6-12(18)11(17)4-3-9(7)15/h7-12H,1-6H2/t7-,8-,9+,10+,11-,12-/m0/s1. The van der Waals surface area contributed by atoms with Crippen molar-refractivity contribution in [1.82, 2.24) is 0 Å². The first-order valence-electron chi connectivity index (χ1n) is 6.26. The van der Waals surface area contributed by atoms with Crippen molar-refractivity contribution in [3.63, 3.8) is 0 Å². The minimum atomic E-state index is 0.560. The predicted octanol–water partition coefficient (Wildman–Crippen LogP) is 6.92. The van der Waals surface area contributed by atoms with E-state index in [2.05, 4.69) is 95.6 Å². The minimum absolute atomic E-state index is 0.560. The lowest BCUT2D eigenvalue weighted by atomic mass is 10.0. The molecule has 0 unspecified atom stereocenters. The molecule has 0 amide bonds. The van der Waals surface area contributed by atoms with E-state index in [1.54, 1.807) is 0 Å². The topological polar surface area (TPSA) is 0 Å². The van der Waals surface area contributed by atoms with Crippen LogP contribution in [0.3, 0.4) is 0 Å². The van der Waals surface area contributed by atoms with E-state index in [1.165, 1.54) is 38.5 Å². The summed E-state index contributed by atoms with van der Waals surface area (Å²) in [4.78, 5) is 3.36. The Labute approximate surface area is 161 Å². The van der Waals surface area contributed by atoms with E-state index in [4.69, 9.17) is 0 Å². The lowest BCUT2D eigenvalue weighted by Crippen LogP contribution is -2.25. The van der Waals surface area contributed by atoms with Gasteiger partial charge in [0.1, 0.15) is 0 Å². The van der Waals surface area contributed by atoms with Gasteiger partial charge in [-0.3, -0.25) is 0 Å². The Morgan fingerprint density at radius 2 is 0.444 bits per heavy atom. The highest BCUT2D eigenvalue weighted by atomic mass is 79.9. The molecule has 0 bridgehead atoms. The molecule has 0 radical (unpaired) electrons. The number of hydrogen-bond acceptors (Lipinski definition) is 0. The summed E-state index contributed by atoms with van der Waals surface area (Å²) in [7, 11) is 0. The SMILES string of the molecule is Br[C@@H]1CC[C@H](Br)[C@@H](Br)CC[C@@H](Br)[C@@H](Br)CC[C@@H]1Br. The maximum Gasteiger partial charge on any atom is 0.0271 e. The fraction of sp³-hybridized carbons (Fsp3) is 1.00. The second-order valence-corrected chi connectivity index (χ2v) is 11.9. The Hall–Kier alpha value is 2.88. The molecule has 0 saturated heterocycles. The van der Waals surface area contributed by atoms with Crippen LogP contribution in [0.5, 0.6) is 0 Å². The van der Waals surface area contributed by atoms with Gasteiger partial charge in [-0.1, -0.05) is 95.6 Å². The van der Waals surface area contributed by atoms with E-state index in [-0.39, 0.29) is 0 Å². The Kier molecular flexibility index (Phi) is 10.3. The largest absolute Gasteiger partial charge is 0.0879 e. The number of alkyl halides is 6. The molecule has 6 atom stereocenters. The Bertz CT molecular complexity index is 175. The van der Waals surface area contributed by atoms with Gasteiger partial charge >= 0.3 is 0 Å². The molecular formula is C12H18Br6. The molecule has 108 valence electrons. The third-order valence-corrected chi connectivity index (χ3v) is 12.0. The zero-order chi connectivity index (χ0) is 13.7. The molecular weight excluding hydrogens is 624 g/mol. The first-order chi connectivity index (χ1) is 8.41. The molecule has 0 nitrogen and oxygen atoms in total. The van der Waals surface area contributed by atoms with Crippen molar-refractivity contribution < 1.29 is 0 Å². The number of halogens is 6. The Morgan fingerprint density at radius 3 is 0.556 bits per heavy atom. The average Bonchev–Trinajstić information content (AvgIpc) is 2.36. The lowest BCUT2D eigenvalue weighted by Gasteiger charge is -2.25. The van der Waals surface area contributed by atoms with Crippen LogP contribution >= 0.6 is 95.6 Å². The van der Waals surface area contributed by atoms with Gasteiger partial charge in [0.2, 0.25) is 0 Å². The van der Waals surface area contributed by atoms with E-state index >= 15 is 0 Å². The highest BCUT2D eigenvalue weighted by Gasteiger charge is 2.25. The molecule has 1 saturated carbocycles. The van der Waals surface area contributed by atoms with Gasteiger partial charge in [-0.15, -0.1) is 0 Å². The second-order valence-electron chi connectivity index (χ2n) is 4.83. The van der Waals surface area contributed by atoms with Crippen LogP contribution in [-0.4, -0.2) is 29.0 Å². The quantitative estimate of drug-likeness (QED) is 0.252. The summed E-state index contributed by atoms with van der Waals surface area (Å²) in [5, 5.41) is 0. The van der Waals surface area contributed by atoms with Gasteiger partial charge in [0.25, 0.3) is 0 Å². The maximum atomic E-state index is 3.82. The van der Waals surface area contributed by atoms with Gasteiger partial charge < -0.3 is 0 Å². The van der Waals surface area contributed by atoms with Crippen LogP contribution in [0.25, 0.3) is 0 Å². The van der Waals surface area contributed by atoms with Crippen molar-refractivity contribution in [1.29, 1.82) is 0 Å². The molecule has 0 aliphatic heterocycles. The second kappa shape index (κ2) is 9.81. The predicted molar refractivity (Wildman–Crippen MR) is 104 cm³/mol. The first-order valence-corrected chi connectivity index (χ1v) is 11.8. The van der Waals surface area contributed by atoms with Crippen molar-refractivity contribution in [2.75, 3.05) is 0 Å². The molecule has 1 fully saturated rings. The van der Waals surface area contributed by atoms with Crippen LogP contribution in [0.15, 0.2) is 0 Å². The van der Waals surface area contributed by atoms with E-state index in [0.29, 0.717) is 29.0 Å². The van der Waals surface area contributed by atoms with Crippen molar-refractivity contribution in [3.8, 4) is 0 Å². The van der Waals surface area contributed by atoms with Gasteiger partial charge in [0.05, 0.1) is 0 Å². The van der Waals surface area contributed by atoms with Crippen LogP contribution in [0.4, 0.5) is 0 Å². The molecule has 1 aliphatic rings. The zero-order valence-corrected chi connectivity index (χ0v) is 19.5. The smallest absolute Gasteiger partial charge is 0.0271 e. The van der Waals surface area contributed by atoms with Gasteiger partial charge in [0, 0.05) is 29.0 Å². The lowest BCUT2D eigenvalue weighted by molar-refractivity contribution is 0.557. The van der Waals surface area contributed by atoms with Crippen LogP contribution < -0.4 is 0 Å². The van der Waals surface area contributed by atoms with Crippen molar-refractivity contribution in [3.05, 3.63) is 0 Å². The van der Waals surface area contributed by atoms with Gasteiger partial charge in [-0.2, -0.15) is 0 Å². The summed E-state index contributed by atoms with van der Waals surface area (Å²) in [5.74, 6) is 0. The van der Waals surface area contributed by atoms with Gasteiger partial charge in [-0.05, 0) is 38.5 Å². The molecule has 0 aromatic rings. The van der Waals surface area contributed by atoms with Crippen molar-refractivity contribution >= 4 is 95.6 Å². The van der Waals surface area contributed by atoms with E-state index in [0.717, 1.165) is 0 Å². The summed E-state index contributed by atoms with van der Waals surface area (Å²) in [6.45, 7) is 0. The molecule has 6 heteroatoms. The zero-order valence-electron chi connectivity index (χ0n) is 9.97. The summed E-state index contributed by atoms with van der Waals surface area (Å²) in [5.41, 5.74) is 0. The first kappa shape index (κ1) is 18.9. The van der Waals surface area contributed by atoms with E-state index < -0.39 is 0 Å². The molecule has 0 aromatic carbocycles. The molecule has 18 heavy (non-hydrogen) atoms. The third-order valence-electron chi connectivity index (χ3n) is 3.33. The summed E-state index contributed by atoms with van der Waals surface area (Å²) in [6.07, 6.45) is 7.24.